The summed E-state index contributed by atoms with van der Waals surface area (Å²) in [4.78, 5) is 12.8. The van der Waals surface area contributed by atoms with Gasteiger partial charge in [-0.25, -0.2) is 9.97 Å². The van der Waals surface area contributed by atoms with Crippen LogP contribution in [0.3, 0.4) is 0 Å². The van der Waals surface area contributed by atoms with E-state index in [1.165, 1.54) is 5.56 Å². The Bertz CT molecular complexity index is 590. The molecule has 1 aliphatic heterocycles. The van der Waals surface area contributed by atoms with E-state index < -0.39 is 0 Å². The van der Waals surface area contributed by atoms with Crippen molar-refractivity contribution in [1.82, 2.24) is 20.3 Å². The number of hydrogen-bond donors (Lipinski definition) is 2. The quantitative estimate of drug-likeness (QED) is 0.787. The third kappa shape index (κ3) is 3.92. The molecule has 0 fully saturated rings. The highest BCUT2D eigenvalue weighted by Gasteiger charge is 2.13. The van der Waals surface area contributed by atoms with E-state index in [2.05, 4.69) is 25.6 Å². The van der Waals surface area contributed by atoms with Gasteiger partial charge in [-0.2, -0.15) is 0 Å². The first-order valence-corrected chi connectivity index (χ1v) is 7.73. The Morgan fingerprint density at radius 2 is 2.18 bits per heavy atom. The Kier molecular flexibility index (Phi) is 5.15. The van der Waals surface area contributed by atoms with E-state index in [0.717, 1.165) is 56.2 Å². The molecular weight excluding hydrogens is 278 g/mol. The Hall–Kier alpha value is -2.21. The lowest BCUT2D eigenvalue weighted by Gasteiger charge is -2.12. The van der Waals surface area contributed by atoms with Gasteiger partial charge in [0.25, 0.3) is 0 Å². The molecular formula is C16H21N5O. The van der Waals surface area contributed by atoms with Gasteiger partial charge < -0.3 is 15.4 Å². The van der Waals surface area contributed by atoms with Crippen molar-refractivity contribution in [2.24, 2.45) is 0 Å². The van der Waals surface area contributed by atoms with Crippen LogP contribution in [0.25, 0.3) is 0 Å². The summed E-state index contributed by atoms with van der Waals surface area (Å²) in [5, 5.41) is 6.81. The Labute approximate surface area is 130 Å². The summed E-state index contributed by atoms with van der Waals surface area (Å²) in [5.41, 5.74) is 2.41. The standard InChI is InChI=1S/C16H21N5O/c1-3-13(11-18-6-1)22-10-2-7-19-16-14-4-8-17-9-5-15(14)20-12-21-16/h1,3,6,11-12,17H,2,4-5,7-10H2,(H,19,20,21). The third-order valence-electron chi connectivity index (χ3n) is 3.64. The van der Waals surface area contributed by atoms with E-state index in [1.54, 1.807) is 18.7 Å². The molecule has 2 N–H and O–H groups in total. The highest BCUT2D eigenvalue weighted by molar-refractivity contribution is 5.46. The molecule has 0 spiro atoms. The van der Waals surface area contributed by atoms with Gasteiger partial charge in [-0.3, -0.25) is 4.98 Å². The van der Waals surface area contributed by atoms with Gasteiger partial charge >= 0.3 is 0 Å². The molecule has 2 aromatic heterocycles. The molecule has 0 saturated heterocycles. The van der Waals surface area contributed by atoms with Crippen molar-refractivity contribution in [1.29, 1.82) is 0 Å². The summed E-state index contributed by atoms with van der Waals surface area (Å²) in [6, 6.07) is 3.79. The molecule has 116 valence electrons. The van der Waals surface area contributed by atoms with E-state index in [9.17, 15) is 0 Å². The monoisotopic (exact) mass is 299 g/mol. The van der Waals surface area contributed by atoms with Crippen molar-refractivity contribution in [2.45, 2.75) is 19.3 Å². The molecule has 0 bridgehead atoms. The number of aromatic nitrogens is 3. The fraction of sp³-hybridized carbons (Fsp3) is 0.438. The Morgan fingerprint density at radius 3 is 3.09 bits per heavy atom. The molecule has 0 unspecified atom stereocenters. The van der Waals surface area contributed by atoms with E-state index >= 15 is 0 Å². The van der Waals surface area contributed by atoms with Crippen LogP contribution in [0.5, 0.6) is 5.75 Å². The smallest absolute Gasteiger partial charge is 0.137 e. The topological polar surface area (TPSA) is 72.0 Å². The molecule has 0 aliphatic carbocycles. The molecule has 2 aromatic rings. The van der Waals surface area contributed by atoms with Gasteiger partial charge in [0.2, 0.25) is 0 Å². The summed E-state index contributed by atoms with van der Waals surface area (Å²) in [7, 11) is 0. The summed E-state index contributed by atoms with van der Waals surface area (Å²) < 4.78 is 5.63. The Morgan fingerprint density at radius 1 is 1.23 bits per heavy atom. The molecule has 6 nitrogen and oxygen atoms in total. The summed E-state index contributed by atoms with van der Waals surface area (Å²) >= 11 is 0. The van der Waals surface area contributed by atoms with Crippen molar-refractivity contribution >= 4 is 5.82 Å². The molecule has 0 aromatic carbocycles. The van der Waals surface area contributed by atoms with Crippen LogP contribution in [0.4, 0.5) is 5.82 Å². The van der Waals surface area contributed by atoms with Crippen LogP contribution in [0.15, 0.2) is 30.9 Å². The first-order chi connectivity index (χ1) is 10.9. The molecule has 3 heterocycles. The molecule has 0 saturated carbocycles. The number of hydrogen-bond acceptors (Lipinski definition) is 6. The summed E-state index contributed by atoms with van der Waals surface area (Å²) in [6.07, 6.45) is 7.97. The van der Waals surface area contributed by atoms with Gasteiger partial charge in [0, 0.05) is 31.3 Å². The number of ether oxygens (including phenoxy) is 1. The summed E-state index contributed by atoms with van der Waals surface area (Å²) in [6.45, 7) is 3.46. The highest BCUT2D eigenvalue weighted by atomic mass is 16.5. The van der Waals surface area contributed by atoms with Gasteiger partial charge in [-0.05, 0) is 31.5 Å². The van der Waals surface area contributed by atoms with Gasteiger partial charge in [-0.1, -0.05) is 0 Å². The van der Waals surface area contributed by atoms with Crippen LogP contribution >= 0.6 is 0 Å². The molecule has 0 radical (unpaired) electrons. The lowest BCUT2D eigenvalue weighted by molar-refractivity contribution is 0.313. The molecule has 22 heavy (non-hydrogen) atoms. The molecule has 0 atom stereocenters. The highest BCUT2D eigenvalue weighted by Crippen LogP contribution is 2.18. The van der Waals surface area contributed by atoms with E-state index in [4.69, 9.17) is 4.74 Å². The number of nitrogens with one attached hydrogen (secondary N) is 2. The van der Waals surface area contributed by atoms with E-state index in [-0.39, 0.29) is 0 Å². The molecule has 3 rings (SSSR count). The maximum Gasteiger partial charge on any atom is 0.137 e. The third-order valence-corrected chi connectivity index (χ3v) is 3.64. The second kappa shape index (κ2) is 7.70. The molecule has 1 aliphatic rings. The SMILES string of the molecule is c1cncc(OCCCNc2ncnc3c2CCNCC3)c1. The van der Waals surface area contributed by atoms with Gasteiger partial charge in [0.15, 0.2) is 0 Å². The van der Waals surface area contributed by atoms with Crippen molar-refractivity contribution < 1.29 is 4.74 Å². The van der Waals surface area contributed by atoms with Crippen molar-refractivity contribution in [3.8, 4) is 5.75 Å². The average molecular weight is 299 g/mol. The lowest BCUT2D eigenvalue weighted by atomic mass is 10.1. The van der Waals surface area contributed by atoms with Gasteiger partial charge in [-0.15, -0.1) is 0 Å². The minimum atomic E-state index is 0.660. The lowest BCUT2D eigenvalue weighted by Crippen LogP contribution is -2.16. The minimum Gasteiger partial charge on any atom is -0.492 e. The zero-order chi connectivity index (χ0) is 15.0. The van der Waals surface area contributed by atoms with Crippen molar-refractivity contribution in [2.75, 3.05) is 31.6 Å². The zero-order valence-corrected chi connectivity index (χ0v) is 12.6. The number of pyridine rings is 1. The fourth-order valence-corrected chi connectivity index (χ4v) is 2.53. The van der Waals surface area contributed by atoms with Crippen LogP contribution in [0.2, 0.25) is 0 Å². The van der Waals surface area contributed by atoms with Crippen LogP contribution in [0.1, 0.15) is 17.7 Å². The molecule has 6 heteroatoms. The van der Waals surface area contributed by atoms with Crippen LogP contribution in [-0.4, -0.2) is 41.2 Å². The first-order valence-electron chi connectivity index (χ1n) is 7.73. The van der Waals surface area contributed by atoms with Gasteiger partial charge in [0.05, 0.1) is 18.5 Å². The molecule has 0 amide bonds. The Balaban J connectivity index is 1.48. The number of anilines is 1. The predicted molar refractivity (Wildman–Crippen MR) is 85.1 cm³/mol. The largest absolute Gasteiger partial charge is 0.492 e. The maximum atomic E-state index is 5.63. The van der Waals surface area contributed by atoms with Crippen LogP contribution < -0.4 is 15.4 Å². The predicted octanol–water partition coefficient (Wildman–Crippen LogP) is 1.44. The average Bonchev–Trinajstić information content (AvgIpc) is 2.81. The normalized spacial score (nSPS) is 14.0. The van der Waals surface area contributed by atoms with Crippen molar-refractivity contribution in [3.63, 3.8) is 0 Å². The number of fused-ring (bicyclic) bond motifs is 1. The van der Waals surface area contributed by atoms with Crippen LogP contribution in [0, 0.1) is 0 Å². The van der Waals surface area contributed by atoms with E-state index in [0.29, 0.717) is 6.61 Å². The first kappa shape index (κ1) is 14.7. The maximum absolute atomic E-state index is 5.63. The zero-order valence-electron chi connectivity index (χ0n) is 12.6. The van der Waals surface area contributed by atoms with Crippen molar-refractivity contribution in [3.05, 3.63) is 42.1 Å². The second-order valence-electron chi connectivity index (χ2n) is 5.22. The summed E-state index contributed by atoms with van der Waals surface area (Å²) in [5.74, 6) is 1.78. The second-order valence-corrected chi connectivity index (χ2v) is 5.22. The van der Waals surface area contributed by atoms with E-state index in [1.807, 2.05) is 12.1 Å². The van der Waals surface area contributed by atoms with Gasteiger partial charge in [0.1, 0.15) is 17.9 Å². The minimum absolute atomic E-state index is 0.660. The number of nitrogens with zero attached hydrogens (tertiary/aromatic N) is 3. The fourth-order valence-electron chi connectivity index (χ4n) is 2.53. The van der Waals surface area contributed by atoms with Crippen LogP contribution in [-0.2, 0) is 12.8 Å². The number of rotatable bonds is 6.